The molecule has 3 rings (SSSR count). The van der Waals surface area contributed by atoms with Gasteiger partial charge in [-0.25, -0.2) is 0 Å². The summed E-state index contributed by atoms with van der Waals surface area (Å²) in [6.45, 7) is 7.01. The summed E-state index contributed by atoms with van der Waals surface area (Å²) in [7, 11) is 0. The Labute approximate surface area is 139 Å². The molecule has 1 unspecified atom stereocenters. The topological polar surface area (TPSA) is 54.4 Å². The molecule has 3 aliphatic carbocycles. The molecular formula is C20H30O3. The fourth-order valence-electron chi connectivity index (χ4n) is 6.41. The molecule has 3 heteroatoms. The van der Waals surface area contributed by atoms with Crippen molar-refractivity contribution in [3.8, 4) is 0 Å². The van der Waals surface area contributed by atoms with Gasteiger partial charge in [-0.1, -0.05) is 33.3 Å². The van der Waals surface area contributed by atoms with Crippen molar-refractivity contribution < 1.29 is 14.7 Å². The van der Waals surface area contributed by atoms with Crippen LogP contribution in [0.1, 0.15) is 65.7 Å². The van der Waals surface area contributed by atoms with Gasteiger partial charge in [0, 0.05) is 6.42 Å². The maximum atomic E-state index is 13.0. The summed E-state index contributed by atoms with van der Waals surface area (Å²) in [4.78, 5) is 24.2. The molecule has 0 aliphatic heterocycles. The smallest absolute Gasteiger partial charge is 0.146 e. The van der Waals surface area contributed by atoms with Crippen LogP contribution in [0.2, 0.25) is 0 Å². The van der Waals surface area contributed by atoms with Crippen LogP contribution in [0.5, 0.6) is 0 Å². The van der Waals surface area contributed by atoms with Gasteiger partial charge in [-0.05, 0) is 60.3 Å². The summed E-state index contributed by atoms with van der Waals surface area (Å²) in [5.41, 5.74) is 0.335. The number of aliphatic hydroxyl groups excluding tert-OH is 1. The molecule has 0 heterocycles. The molecule has 2 saturated carbocycles. The summed E-state index contributed by atoms with van der Waals surface area (Å²) < 4.78 is 0. The van der Waals surface area contributed by atoms with Crippen LogP contribution in [-0.4, -0.2) is 23.8 Å². The van der Waals surface area contributed by atoms with Crippen LogP contribution in [0.25, 0.3) is 0 Å². The van der Waals surface area contributed by atoms with E-state index in [-0.39, 0.29) is 30.1 Å². The van der Waals surface area contributed by atoms with Crippen LogP contribution < -0.4 is 0 Å². The standard InChI is InChI=1S/C20H30O3/c1-18(2)8-4-9-19(3)15(18)7-10-20(13-22)16(19)6-5-14(12-21)11-17(20)23/h5,12,15-16,22H,4,6-11,13H2,1-3H3/t15?,16-,19+,20+/m1/s1. The minimum atomic E-state index is -0.639. The number of ketones is 1. The first kappa shape index (κ1) is 16.9. The van der Waals surface area contributed by atoms with Crippen molar-refractivity contribution in [3.63, 3.8) is 0 Å². The predicted molar refractivity (Wildman–Crippen MR) is 89.9 cm³/mol. The maximum Gasteiger partial charge on any atom is 0.146 e. The lowest BCUT2D eigenvalue weighted by atomic mass is 9.42. The van der Waals surface area contributed by atoms with Crippen LogP contribution in [0, 0.1) is 28.1 Å². The third-order valence-corrected chi connectivity index (χ3v) is 7.59. The van der Waals surface area contributed by atoms with Crippen molar-refractivity contribution in [2.24, 2.45) is 28.1 Å². The zero-order valence-corrected chi connectivity index (χ0v) is 14.7. The number of allylic oxidation sites excluding steroid dienone is 2. The number of rotatable bonds is 2. The Balaban J connectivity index is 2.08. The molecule has 0 saturated heterocycles. The van der Waals surface area contributed by atoms with Crippen LogP contribution >= 0.6 is 0 Å². The average molecular weight is 318 g/mol. The molecule has 2 fully saturated rings. The van der Waals surface area contributed by atoms with E-state index in [0.29, 0.717) is 16.9 Å². The van der Waals surface area contributed by atoms with E-state index in [1.165, 1.54) is 12.8 Å². The van der Waals surface area contributed by atoms with Gasteiger partial charge < -0.3 is 5.11 Å². The van der Waals surface area contributed by atoms with E-state index in [9.17, 15) is 14.7 Å². The second-order valence-electron chi connectivity index (χ2n) is 9.04. The summed E-state index contributed by atoms with van der Waals surface area (Å²) >= 11 is 0. The SMILES string of the molecule is CC1(C)CCC[C@@]2(C)C1CC[C@@]1(CO)C(=O)CC(C=O)=CC[C@@H]12. The van der Waals surface area contributed by atoms with Crippen molar-refractivity contribution >= 4 is 12.1 Å². The molecule has 0 radical (unpaired) electrons. The first-order chi connectivity index (χ1) is 10.8. The average Bonchev–Trinajstić information content (AvgIpc) is 2.64. The van der Waals surface area contributed by atoms with Gasteiger partial charge in [0.25, 0.3) is 0 Å². The lowest BCUT2D eigenvalue weighted by molar-refractivity contribution is -0.166. The van der Waals surface area contributed by atoms with Gasteiger partial charge in [-0.2, -0.15) is 0 Å². The Bertz CT molecular complexity index is 547. The maximum absolute atomic E-state index is 13.0. The minimum absolute atomic E-state index is 0.0702. The number of hydrogen-bond acceptors (Lipinski definition) is 3. The quantitative estimate of drug-likeness (QED) is 0.790. The van der Waals surface area contributed by atoms with E-state index >= 15 is 0 Å². The van der Waals surface area contributed by atoms with Crippen molar-refractivity contribution in [1.29, 1.82) is 0 Å². The fraction of sp³-hybridized carbons (Fsp3) is 0.800. The number of hydrogen-bond donors (Lipinski definition) is 1. The third-order valence-electron chi connectivity index (χ3n) is 7.59. The zero-order valence-electron chi connectivity index (χ0n) is 14.7. The summed E-state index contributed by atoms with van der Waals surface area (Å²) in [5, 5.41) is 10.2. The minimum Gasteiger partial charge on any atom is -0.395 e. The molecule has 0 aromatic rings. The van der Waals surface area contributed by atoms with E-state index < -0.39 is 5.41 Å². The number of carbonyl (C=O) groups is 2. The molecule has 3 nitrogen and oxygen atoms in total. The van der Waals surface area contributed by atoms with Crippen LogP contribution in [0.15, 0.2) is 11.6 Å². The summed E-state index contributed by atoms with van der Waals surface area (Å²) in [6, 6.07) is 0. The normalized spacial score (nSPS) is 43.0. The molecule has 23 heavy (non-hydrogen) atoms. The number of Topliss-reactive ketones (excluding diaryl/α,β-unsaturated/α-hetero) is 1. The van der Waals surface area contributed by atoms with Gasteiger partial charge >= 0.3 is 0 Å². The van der Waals surface area contributed by atoms with Gasteiger partial charge in [0.2, 0.25) is 0 Å². The third kappa shape index (κ3) is 2.34. The summed E-state index contributed by atoms with van der Waals surface area (Å²) in [6.07, 6.45) is 9.11. The highest BCUT2D eigenvalue weighted by Crippen LogP contribution is 2.65. The largest absolute Gasteiger partial charge is 0.395 e. The van der Waals surface area contributed by atoms with Gasteiger partial charge in [0.1, 0.15) is 12.1 Å². The van der Waals surface area contributed by atoms with Gasteiger partial charge in [-0.15, -0.1) is 0 Å². The molecule has 0 aromatic carbocycles. The number of aldehydes is 1. The van der Waals surface area contributed by atoms with E-state index in [2.05, 4.69) is 20.8 Å². The van der Waals surface area contributed by atoms with Crippen molar-refractivity contribution in [2.75, 3.05) is 6.61 Å². The van der Waals surface area contributed by atoms with Gasteiger partial charge in [0.15, 0.2) is 0 Å². The molecule has 1 N–H and O–H groups in total. The monoisotopic (exact) mass is 318 g/mol. The first-order valence-electron chi connectivity index (χ1n) is 9.08. The molecule has 0 spiro atoms. The van der Waals surface area contributed by atoms with Crippen LogP contribution in [0.3, 0.4) is 0 Å². The highest BCUT2D eigenvalue weighted by molar-refractivity contribution is 5.93. The number of aliphatic hydroxyl groups is 1. The fourth-order valence-corrected chi connectivity index (χ4v) is 6.41. The summed E-state index contributed by atoms with van der Waals surface area (Å²) in [5.74, 6) is 0.833. The Morgan fingerprint density at radius 1 is 1.22 bits per heavy atom. The van der Waals surface area contributed by atoms with E-state index in [0.717, 1.165) is 32.0 Å². The molecule has 4 atom stereocenters. The lowest BCUT2D eigenvalue weighted by Crippen LogP contribution is -2.58. The van der Waals surface area contributed by atoms with Gasteiger partial charge in [0.05, 0.1) is 12.0 Å². The van der Waals surface area contributed by atoms with Crippen LogP contribution in [-0.2, 0) is 9.59 Å². The highest BCUT2D eigenvalue weighted by Gasteiger charge is 2.61. The van der Waals surface area contributed by atoms with E-state index in [4.69, 9.17) is 0 Å². The Morgan fingerprint density at radius 3 is 2.61 bits per heavy atom. The van der Waals surface area contributed by atoms with E-state index in [1.54, 1.807) is 0 Å². The predicted octanol–water partition coefficient (Wildman–Crippen LogP) is 3.70. The molecule has 3 aliphatic rings. The molecule has 0 aromatic heterocycles. The second kappa shape index (κ2) is 5.54. The van der Waals surface area contributed by atoms with Crippen molar-refractivity contribution in [1.82, 2.24) is 0 Å². The van der Waals surface area contributed by atoms with E-state index in [1.807, 2.05) is 6.08 Å². The number of carbonyl (C=O) groups excluding carboxylic acids is 2. The molecular weight excluding hydrogens is 288 g/mol. The van der Waals surface area contributed by atoms with Gasteiger partial charge in [-0.3, -0.25) is 9.59 Å². The first-order valence-corrected chi connectivity index (χ1v) is 9.08. The lowest BCUT2D eigenvalue weighted by Gasteiger charge is -2.62. The molecule has 0 bridgehead atoms. The van der Waals surface area contributed by atoms with Crippen LogP contribution in [0.4, 0.5) is 0 Å². The van der Waals surface area contributed by atoms with Crippen molar-refractivity contribution in [3.05, 3.63) is 11.6 Å². The highest BCUT2D eigenvalue weighted by atomic mass is 16.3. The molecule has 128 valence electrons. The Kier molecular flexibility index (Phi) is 4.07. The zero-order chi connectivity index (χ0) is 16.9. The Hall–Kier alpha value is -0.960. The second-order valence-corrected chi connectivity index (χ2v) is 9.04. The molecule has 0 amide bonds. The Morgan fingerprint density at radius 2 is 1.96 bits per heavy atom. The number of fused-ring (bicyclic) bond motifs is 3. The van der Waals surface area contributed by atoms with Crippen molar-refractivity contribution in [2.45, 2.75) is 65.7 Å².